The molecule has 9 heteroatoms. The Hall–Kier alpha value is -2.23. The van der Waals surface area contributed by atoms with Crippen LogP contribution in [0.5, 0.6) is 0 Å². The van der Waals surface area contributed by atoms with Gasteiger partial charge < -0.3 is 0 Å². The van der Waals surface area contributed by atoms with Crippen molar-refractivity contribution in [1.29, 1.82) is 0 Å². The average molecular weight is 426 g/mol. The predicted molar refractivity (Wildman–Crippen MR) is 112 cm³/mol. The van der Waals surface area contributed by atoms with Crippen molar-refractivity contribution >= 4 is 27.9 Å². The Morgan fingerprint density at radius 2 is 1.76 bits per heavy atom. The van der Waals surface area contributed by atoms with E-state index in [9.17, 15) is 23.2 Å². The normalized spacial score (nSPS) is 14.2. The van der Waals surface area contributed by atoms with Crippen LogP contribution in [0.15, 0.2) is 36.4 Å². The number of nitrogens with one attached hydrogen (secondary N) is 2. The first-order valence-electron chi connectivity index (χ1n) is 9.53. The summed E-state index contributed by atoms with van der Waals surface area (Å²) in [6, 6.07) is 9.47. The number of sulfonamides is 1. The summed E-state index contributed by atoms with van der Waals surface area (Å²) in [6.07, 6.45) is 5.15. The molecular weight excluding hydrogens is 394 g/mol. The van der Waals surface area contributed by atoms with Crippen molar-refractivity contribution in [3.63, 3.8) is 0 Å². The van der Waals surface area contributed by atoms with Crippen molar-refractivity contribution in [1.82, 2.24) is 15.3 Å². The minimum atomic E-state index is -3.64. The minimum Gasteiger partial charge on any atom is -0.289 e. The van der Waals surface area contributed by atoms with Gasteiger partial charge in [0.2, 0.25) is 21.8 Å². The number of nitrogens with zero attached hydrogens (tertiary/aromatic N) is 1. The Morgan fingerprint density at radius 3 is 2.24 bits per heavy atom. The molecule has 2 atom stereocenters. The van der Waals surface area contributed by atoms with Crippen LogP contribution in [0.25, 0.3) is 6.08 Å². The highest BCUT2D eigenvalue weighted by Crippen LogP contribution is 2.25. The van der Waals surface area contributed by atoms with E-state index in [0.717, 1.165) is 16.2 Å². The second-order valence-corrected chi connectivity index (χ2v) is 9.18. The number of carbonyl (C=O) groups excluding carboxylic acids is 2. The van der Waals surface area contributed by atoms with Gasteiger partial charge in [0.1, 0.15) is 0 Å². The number of hydrazine groups is 1. The number of benzene rings is 1. The second-order valence-electron chi connectivity index (χ2n) is 7.27. The third-order valence-electron chi connectivity index (χ3n) is 4.42. The molecule has 0 aliphatic carbocycles. The molecule has 1 aromatic rings. The van der Waals surface area contributed by atoms with Gasteiger partial charge in [0.25, 0.3) is 0 Å². The fourth-order valence-electron chi connectivity index (χ4n) is 3.02. The molecule has 29 heavy (non-hydrogen) atoms. The van der Waals surface area contributed by atoms with Gasteiger partial charge in [-0.05, 0) is 31.2 Å². The highest BCUT2D eigenvalue weighted by Gasteiger charge is 2.35. The molecule has 0 bridgehead atoms. The zero-order chi connectivity index (χ0) is 22.0. The number of hydrogen-bond donors (Lipinski definition) is 3. The average Bonchev–Trinajstić information content (AvgIpc) is 2.67. The van der Waals surface area contributed by atoms with Crippen molar-refractivity contribution in [2.45, 2.75) is 33.6 Å². The molecule has 0 unspecified atom stereocenters. The molecule has 0 saturated carbocycles. The molecule has 3 N–H and O–H groups in total. The molecule has 0 aromatic heterocycles. The first-order valence-corrected chi connectivity index (χ1v) is 11.4. The van der Waals surface area contributed by atoms with Crippen LogP contribution in [0.4, 0.5) is 0 Å². The first-order chi connectivity index (χ1) is 13.6. The van der Waals surface area contributed by atoms with E-state index in [1.54, 1.807) is 18.5 Å². The van der Waals surface area contributed by atoms with Crippen molar-refractivity contribution in [3.05, 3.63) is 42.0 Å². The summed E-state index contributed by atoms with van der Waals surface area (Å²) in [5.41, 5.74) is 4.98. The molecule has 0 heterocycles. The van der Waals surface area contributed by atoms with Gasteiger partial charge in [-0.3, -0.25) is 20.2 Å². The highest BCUT2D eigenvalue weighted by molar-refractivity contribution is 7.88. The quantitative estimate of drug-likeness (QED) is 0.371. The summed E-state index contributed by atoms with van der Waals surface area (Å²) in [6.45, 7) is 5.47. The zero-order valence-electron chi connectivity index (χ0n) is 17.3. The van der Waals surface area contributed by atoms with Gasteiger partial charge in [-0.25, -0.2) is 13.9 Å². The molecule has 0 saturated heterocycles. The lowest BCUT2D eigenvalue weighted by molar-refractivity contribution is -0.141. The standard InChI is InChI=1S/C20H31N3O5S/c1-5-23(29(4,27)28)21-19(24)18(14-15(2)3)17(20(25)22-26)13-9-12-16-10-7-6-8-11-16/h6-12,15,17-18,26H,5,13-14H2,1-4H3,(H,21,24)(H,22,25)/t17-,18+/m0/s1. The summed E-state index contributed by atoms with van der Waals surface area (Å²) < 4.78 is 24.5. The smallest absolute Gasteiger partial charge is 0.247 e. The van der Waals surface area contributed by atoms with Gasteiger partial charge in [0.15, 0.2) is 0 Å². The van der Waals surface area contributed by atoms with E-state index in [-0.39, 0.29) is 18.9 Å². The summed E-state index contributed by atoms with van der Waals surface area (Å²) in [5.74, 6) is -2.87. The molecule has 2 amide bonds. The summed E-state index contributed by atoms with van der Waals surface area (Å²) in [7, 11) is -3.64. The van der Waals surface area contributed by atoms with Crippen LogP contribution in [0.2, 0.25) is 0 Å². The van der Waals surface area contributed by atoms with Gasteiger partial charge >= 0.3 is 0 Å². The first kappa shape index (κ1) is 24.8. The molecule has 0 fully saturated rings. The largest absolute Gasteiger partial charge is 0.289 e. The van der Waals surface area contributed by atoms with Crippen molar-refractivity contribution in [2.75, 3.05) is 12.8 Å². The van der Waals surface area contributed by atoms with Gasteiger partial charge in [-0.1, -0.05) is 56.3 Å². The lowest BCUT2D eigenvalue weighted by Gasteiger charge is -2.28. The minimum absolute atomic E-state index is 0.0593. The van der Waals surface area contributed by atoms with Gasteiger partial charge in [-0.2, -0.15) is 0 Å². The fourth-order valence-corrected chi connectivity index (χ4v) is 3.74. The van der Waals surface area contributed by atoms with Gasteiger partial charge in [0.05, 0.1) is 18.1 Å². The molecule has 8 nitrogen and oxygen atoms in total. The number of rotatable bonds is 11. The van der Waals surface area contributed by atoms with Crippen LogP contribution in [0, 0.1) is 17.8 Å². The van der Waals surface area contributed by atoms with Gasteiger partial charge in [0, 0.05) is 6.54 Å². The van der Waals surface area contributed by atoms with E-state index in [1.165, 1.54) is 0 Å². The second kappa shape index (κ2) is 11.7. The Balaban J connectivity index is 3.10. The zero-order valence-corrected chi connectivity index (χ0v) is 18.1. The molecule has 1 rings (SSSR count). The molecule has 0 spiro atoms. The van der Waals surface area contributed by atoms with Crippen LogP contribution in [-0.4, -0.2) is 42.7 Å². The fraction of sp³-hybridized carbons (Fsp3) is 0.500. The maximum absolute atomic E-state index is 12.9. The highest BCUT2D eigenvalue weighted by atomic mass is 32.2. The number of hydrogen-bond acceptors (Lipinski definition) is 5. The van der Waals surface area contributed by atoms with Gasteiger partial charge in [-0.15, -0.1) is 4.41 Å². The van der Waals surface area contributed by atoms with Crippen molar-refractivity contribution < 1.29 is 23.2 Å². The summed E-state index contributed by atoms with van der Waals surface area (Å²) in [5, 5.41) is 9.18. The number of hydroxylamine groups is 1. The molecule has 162 valence electrons. The van der Waals surface area contributed by atoms with Crippen LogP contribution in [-0.2, 0) is 19.6 Å². The maximum atomic E-state index is 12.9. The number of allylic oxidation sites excluding steroid dienone is 1. The van der Waals surface area contributed by atoms with Crippen LogP contribution in [0.1, 0.15) is 39.2 Å². The summed E-state index contributed by atoms with van der Waals surface area (Å²) >= 11 is 0. The lowest BCUT2D eigenvalue weighted by atomic mass is 9.82. The topological polar surface area (TPSA) is 116 Å². The lowest BCUT2D eigenvalue weighted by Crippen LogP contribution is -2.50. The third-order valence-corrected chi connectivity index (χ3v) is 5.57. The molecular formula is C20H31N3O5S. The van der Waals surface area contributed by atoms with E-state index in [1.807, 2.05) is 50.3 Å². The van der Waals surface area contributed by atoms with E-state index in [2.05, 4.69) is 5.43 Å². The van der Waals surface area contributed by atoms with E-state index < -0.39 is 33.7 Å². The molecule has 0 aliphatic heterocycles. The Kier molecular flexibility index (Phi) is 10.0. The summed E-state index contributed by atoms with van der Waals surface area (Å²) in [4.78, 5) is 25.2. The van der Waals surface area contributed by atoms with Crippen LogP contribution >= 0.6 is 0 Å². The predicted octanol–water partition coefficient (Wildman–Crippen LogP) is 2.19. The number of amides is 2. The SMILES string of the molecule is CCN(NC(=O)[C@H](CC(C)C)[C@H](CC=Cc1ccccc1)C(=O)NO)S(C)(=O)=O. The number of carbonyl (C=O) groups is 2. The molecule has 1 aromatic carbocycles. The Morgan fingerprint density at radius 1 is 1.14 bits per heavy atom. The third kappa shape index (κ3) is 8.35. The molecule has 0 aliphatic rings. The van der Waals surface area contributed by atoms with Crippen molar-refractivity contribution in [2.24, 2.45) is 17.8 Å². The van der Waals surface area contributed by atoms with E-state index in [0.29, 0.717) is 6.42 Å². The monoisotopic (exact) mass is 425 g/mol. The Labute approximate surface area is 173 Å². The van der Waals surface area contributed by atoms with Crippen molar-refractivity contribution in [3.8, 4) is 0 Å². The van der Waals surface area contributed by atoms with E-state index in [4.69, 9.17) is 0 Å². The molecule has 0 radical (unpaired) electrons. The van der Waals surface area contributed by atoms with E-state index >= 15 is 0 Å². The Bertz CT molecular complexity index is 794. The van der Waals surface area contributed by atoms with Crippen LogP contribution < -0.4 is 10.9 Å². The van der Waals surface area contributed by atoms with Crippen LogP contribution in [0.3, 0.4) is 0 Å². The maximum Gasteiger partial charge on any atom is 0.247 e.